The van der Waals surface area contributed by atoms with Gasteiger partial charge in [-0.2, -0.15) is 5.10 Å². The van der Waals surface area contributed by atoms with Crippen LogP contribution in [-0.4, -0.2) is 56.3 Å². The maximum absolute atomic E-state index is 11.8. The van der Waals surface area contributed by atoms with Crippen LogP contribution in [0.25, 0.3) is 5.82 Å². The van der Waals surface area contributed by atoms with Gasteiger partial charge in [0, 0.05) is 25.4 Å². The number of pyridine rings is 1. The number of aliphatic hydroxyl groups is 1. The SMILES string of the molecule is CCN(C)C(=O)C(O)C#Cc1ccnc(-n2nc(C(N)=O)c(Cl)c2C)c1. The van der Waals surface area contributed by atoms with E-state index in [9.17, 15) is 14.7 Å². The molecule has 0 aromatic carbocycles. The summed E-state index contributed by atoms with van der Waals surface area (Å²) in [6.07, 6.45) is 0.0731. The van der Waals surface area contributed by atoms with Crippen molar-refractivity contribution in [3.63, 3.8) is 0 Å². The lowest BCUT2D eigenvalue weighted by atomic mass is 10.2. The number of primary amides is 1. The largest absolute Gasteiger partial charge is 0.372 e. The van der Waals surface area contributed by atoms with E-state index >= 15 is 0 Å². The van der Waals surface area contributed by atoms with Crippen LogP contribution in [0.3, 0.4) is 0 Å². The highest BCUT2D eigenvalue weighted by Crippen LogP contribution is 2.22. The second-order valence-electron chi connectivity index (χ2n) is 5.45. The average Bonchev–Trinajstić information content (AvgIpc) is 2.94. The summed E-state index contributed by atoms with van der Waals surface area (Å²) in [7, 11) is 1.58. The lowest BCUT2D eigenvalue weighted by Gasteiger charge is -2.15. The topological polar surface area (TPSA) is 114 Å². The van der Waals surface area contributed by atoms with Gasteiger partial charge in [0.05, 0.1) is 10.7 Å². The summed E-state index contributed by atoms with van der Waals surface area (Å²) in [6.45, 7) is 3.94. The van der Waals surface area contributed by atoms with Crippen molar-refractivity contribution in [2.75, 3.05) is 13.6 Å². The molecule has 26 heavy (non-hydrogen) atoms. The number of nitrogens with two attached hydrogens (primary N) is 1. The van der Waals surface area contributed by atoms with Gasteiger partial charge in [0.2, 0.25) is 0 Å². The van der Waals surface area contributed by atoms with Crippen molar-refractivity contribution in [1.82, 2.24) is 19.7 Å². The fraction of sp³-hybridized carbons (Fsp3) is 0.294. The van der Waals surface area contributed by atoms with Crippen LogP contribution in [0.4, 0.5) is 0 Å². The van der Waals surface area contributed by atoms with Crippen LogP contribution in [0.5, 0.6) is 0 Å². The second-order valence-corrected chi connectivity index (χ2v) is 5.83. The molecule has 2 amide bonds. The molecule has 2 rings (SSSR count). The Bertz CT molecular complexity index is 913. The van der Waals surface area contributed by atoms with Crippen molar-refractivity contribution in [2.24, 2.45) is 5.73 Å². The number of rotatable bonds is 4. The highest BCUT2D eigenvalue weighted by molar-refractivity contribution is 6.34. The Morgan fingerprint density at radius 2 is 2.19 bits per heavy atom. The third kappa shape index (κ3) is 4.02. The number of amides is 2. The van der Waals surface area contributed by atoms with E-state index in [1.807, 2.05) is 0 Å². The maximum atomic E-state index is 11.8. The Kier molecular flexibility index (Phi) is 5.97. The Labute approximate surface area is 155 Å². The van der Waals surface area contributed by atoms with E-state index in [1.165, 1.54) is 15.8 Å². The zero-order valence-electron chi connectivity index (χ0n) is 14.5. The Morgan fingerprint density at radius 3 is 2.77 bits per heavy atom. The first-order chi connectivity index (χ1) is 12.3. The Balaban J connectivity index is 2.33. The molecule has 9 heteroatoms. The molecule has 2 aromatic rings. The number of aliphatic hydroxyl groups excluding tert-OH is 1. The van der Waals surface area contributed by atoms with Crippen molar-refractivity contribution in [3.8, 4) is 17.7 Å². The quantitative estimate of drug-likeness (QED) is 0.756. The van der Waals surface area contributed by atoms with E-state index in [0.717, 1.165) is 0 Å². The minimum atomic E-state index is -1.42. The second kappa shape index (κ2) is 7.99. The van der Waals surface area contributed by atoms with Crippen LogP contribution in [-0.2, 0) is 4.79 Å². The van der Waals surface area contributed by atoms with Gasteiger partial charge in [-0.3, -0.25) is 9.59 Å². The molecule has 0 aliphatic rings. The van der Waals surface area contributed by atoms with Gasteiger partial charge < -0.3 is 15.7 Å². The zero-order chi connectivity index (χ0) is 19.4. The number of hydrogen-bond donors (Lipinski definition) is 2. The lowest BCUT2D eigenvalue weighted by molar-refractivity contribution is -0.135. The molecule has 0 spiro atoms. The standard InChI is InChI=1S/C17H18ClN5O3/c1-4-22(3)17(26)12(24)6-5-11-7-8-20-13(9-11)23-10(2)14(18)15(21-23)16(19)25/h7-9,12,24H,4H2,1-3H3,(H2,19,25). The van der Waals surface area contributed by atoms with Crippen LogP contribution in [0.2, 0.25) is 5.02 Å². The van der Waals surface area contributed by atoms with E-state index in [1.54, 1.807) is 33.0 Å². The predicted octanol–water partition coefficient (Wildman–Crippen LogP) is 0.519. The van der Waals surface area contributed by atoms with E-state index in [2.05, 4.69) is 21.9 Å². The molecular weight excluding hydrogens is 358 g/mol. The molecule has 0 bridgehead atoms. The van der Waals surface area contributed by atoms with Crippen LogP contribution >= 0.6 is 11.6 Å². The van der Waals surface area contributed by atoms with Gasteiger partial charge in [-0.05, 0) is 26.0 Å². The number of likely N-dealkylation sites (N-methyl/N-ethyl adjacent to an activating group) is 1. The fourth-order valence-electron chi connectivity index (χ4n) is 2.05. The zero-order valence-corrected chi connectivity index (χ0v) is 15.3. The van der Waals surface area contributed by atoms with Crippen molar-refractivity contribution >= 4 is 23.4 Å². The minimum Gasteiger partial charge on any atom is -0.372 e. The van der Waals surface area contributed by atoms with Gasteiger partial charge >= 0.3 is 0 Å². The first kappa shape index (κ1) is 19.4. The van der Waals surface area contributed by atoms with Crippen LogP contribution in [0.15, 0.2) is 18.3 Å². The summed E-state index contributed by atoms with van der Waals surface area (Å²) in [4.78, 5) is 28.7. The average molecular weight is 376 g/mol. The molecular formula is C17H18ClN5O3. The smallest absolute Gasteiger partial charge is 0.270 e. The molecule has 0 aliphatic carbocycles. The van der Waals surface area contributed by atoms with Gasteiger partial charge in [-0.15, -0.1) is 0 Å². The summed E-state index contributed by atoms with van der Waals surface area (Å²) in [5.74, 6) is 4.38. The molecule has 0 fully saturated rings. The molecule has 2 heterocycles. The molecule has 0 radical (unpaired) electrons. The molecule has 136 valence electrons. The molecule has 3 N–H and O–H groups in total. The van der Waals surface area contributed by atoms with Crippen molar-refractivity contribution < 1.29 is 14.7 Å². The molecule has 0 aliphatic heterocycles. The predicted molar refractivity (Wildman–Crippen MR) is 95.8 cm³/mol. The maximum Gasteiger partial charge on any atom is 0.270 e. The molecule has 8 nitrogen and oxygen atoms in total. The van der Waals surface area contributed by atoms with Crippen LogP contribution in [0, 0.1) is 18.8 Å². The highest BCUT2D eigenvalue weighted by atomic mass is 35.5. The van der Waals surface area contributed by atoms with Gasteiger partial charge in [-0.1, -0.05) is 23.4 Å². The van der Waals surface area contributed by atoms with E-state index < -0.39 is 17.9 Å². The minimum absolute atomic E-state index is 0.0499. The van der Waals surface area contributed by atoms with E-state index in [-0.39, 0.29) is 10.7 Å². The summed E-state index contributed by atoms with van der Waals surface area (Å²) in [6, 6.07) is 3.21. The van der Waals surface area contributed by atoms with Gasteiger partial charge in [0.1, 0.15) is 0 Å². The molecule has 1 atom stereocenters. The van der Waals surface area contributed by atoms with E-state index in [0.29, 0.717) is 23.6 Å². The van der Waals surface area contributed by atoms with Crippen LogP contribution in [0.1, 0.15) is 28.7 Å². The van der Waals surface area contributed by atoms with Crippen molar-refractivity contribution in [2.45, 2.75) is 20.0 Å². The third-order valence-electron chi connectivity index (χ3n) is 3.68. The lowest BCUT2D eigenvalue weighted by Crippen LogP contribution is -2.35. The van der Waals surface area contributed by atoms with E-state index in [4.69, 9.17) is 17.3 Å². The molecule has 0 saturated heterocycles. The fourth-order valence-corrected chi connectivity index (χ4v) is 2.26. The third-order valence-corrected chi connectivity index (χ3v) is 4.13. The van der Waals surface area contributed by atoms with Crippen LogP contribution < -0.4 is 5.73 Å². The molecule has 0 saturated carbocycles. The number of aromatic nitrogens is 3. The first-order valence-corrected chi connectivity index (χ1v) is 8.10. The summed E-state index contributed by atoms with van der Waals surface area (Å²) in [5.41, 5.74) is 6.20. The summed E-state index contributed by atoms with van der Waals surface area (Å²) >= 11 is 6.06. The molecule has 1 unspecified atom stereocenters. The number of carbonyl (C=O) groups excluding carboxylic acids is 2. The highest BCUT2D eigenvalue weighted by Gasteiger charge is 2.19. The number of hydrogen-bond acceptors (Lipinski definition) is 5. The normalized spacial score (nSPS) is 11.4. The van der Waals surface area contributed by atoms with Gasteiger partial charge in [0.15, 0.2) is 17.6 Å². The van der Waals surface area contributed by atoms with Gasteiger partial charge in [-0.25, -0.2) is 9.67 Å². The van der Waals surface area contributed by atoms with Crippen molar-refractivity contribution in [1.29, 1.82) is 0 Å². The summed E-state index contributed by atoms with van der Waals surface area (Å²) in [5, 5.41) is 14.1. The number of carbonyl (C=O) groups is 2. The van der Waals surface area contributed by atoms with Gasteiger partial charge in [0.25, 0.3) is 11.8 Å². The monoisotopic (exact) mass is 375 g/mol. The first-order valence-electron chi connectivity index (χ1n) is 7.72. The molecule has 2 aromatic heterocycles. The Morgan fingerprint density at radius 1 is 1.50 bits per heavy atom. The number of nitrogens with zero attached hydrogens (tertiary/aromatic N) is 4. The number of halogens is 1. The Hall–Kier alpha value is -2.89. The summed E-state index contributed by atoms with van der Waals surface area (Å²) < 4.78 is 1.38. The van der Waals surface area contributed by atoms with Crippen molar-refractivity contribution in [3.05, 3.63) is 40.3 Å².